The lowest BCUT2D eigenvalue weighted by Crippen LogP contribution is -2.32. The van der Waals surface area contributed by atoms with Crippen molar-refractivity contribution in [2.75, 3.05) is 11.4 Å². The van der Waals surface area contributed by atoms with E-state index < -0.39 is 0 Å². The number of phenolic OH excluding ortho intramolecular Hbond substituents is 1. The first-order valence-corrected chi connectivity index (χ1v) is 8.49. The molecule has 1 atom stereocenters. The molecule has 0 spiro atoms. The molecule has 25 heavy (non-hydrogen) atoms. The number of nitrogens with zero attached hydrogens (tertiary/aromatic N) is 5. The molecule has 6 heteroatoms. The van der Waals surface area contributed by atoms with Gasteiger partial charge in [0, 0.05) is 26.3 Å². The van der Waals surface area contributed by atoms with Crippen LogP contribution in [0.1, 0.15) is 35.5 Å². The van der Waals surface area contributed by atoms with Crippen molar-refractivity contribution in [1.82, 2.24) is 19.7 Å². The van der Waals surface area contributed by atoms with Gasteiger partial charge in [0.1, 0.15) is 11.6 Å². The van der Waals surface area contributed by atoms with Crippen LogP contribution >= 0.6 is 0 Å². The van der Waals surface area contributed by atoms with E-state index in [9.17, 15) is 5.11 Å². The van der Waals surface area contributed by atoms with E-state index in [1.54, 1.807) is 12.3 Å². The van der Waals surface area contributed by atoms with Crippen LogP contribution in [0.4, 0.5) is 5.95 Å². The number of anilines is 1. The predicted molar refractivity (Wildman–Crippen MR) is 95.6 cm³/mol. The summed E-state index contributed by atoms with van der Waals surface area (Å²) in [6.07, 6.45) is 2.70. The SMILES string of the molecule is CC(c1ccccn1)c1nnc(N2CCc3cc(O)ccc3C2)n1C. The molecule has 1 aromatic carbocycles. The molecule has 4 rings (SSSR count). The van der Waals surface area contributed by atoms with E-state index in [2.05, 4.69) is 31.6 Å². The van der Waals surface area contributed by atoms with Crippen LogP contribution in [0.25, 0.3) is 0 Å². The molecule has 6 nitrogen and oxygen atoms in total. The molecule has 1 unspecified atom stereocenters. The molecule has 0 saturated carbocycles. The number of hydrogen-bond donors (Lipinski definition) is 1. The standard InChI is InChI=1S/C19H21N5O/c1-13(17-5-3-4-9-20-17)18-21-22-19(23(18)2)24-10-8-14-11-16(25)7-6-15(14)12-24/h3-7,9,11,13,25H,8,10,12H2,1-2H3. The fourth-order valence-corrected chi connectivity index (χ4v) is 3.46. The Balaban J connectivity index is 1.60. The summed E-state index contributed by atoms with van der Waals surface area (Å²) in [7, 11) is 2.01. The van der Waals surface area contributed by atoms with E-state index >= 15 is 0 Å². The van der Waals surface area contributed by atoms with Gasteiger partial charge in [-0.1, -0.05) is 12.1 Å². The van der Waals surface area contributed by atoms with Crippen LogP contribution in [0.5, 0.6) is 5.75 Å². The second kappa shape index (κ2) is 6.20. The first-order chi connectivity index (χ1) is 12.1. The summed E-state index contributed by atoms with van der Waals surface area (Å²) in [5.74, 6) is 2.19. The van der Waals surface area contributed by atoms with Crippen LogP contribution in [0, 0.1) is 0 Å². The molecule has 3 aromatic rings. The maximum atomic E-state index is 9.64. The minimum Gasteiger partial charge on any atom is -0.508 e. The van der Waals surface area contributed by atoms with Gasteiger partial charge in [-0.05, 0) is 48.7 Å². The highest BCUT2D eigenvalue weighted by Crippen LogP contribution is 2.28. The number of phenols is 1. The Morgan fingerprint density at radius 2 is 2.00 bits per heavy atom. The maximum Gasteiger partial charge on any atom is 0.227 e. The number of hydrogen-bond acceptors (Lipinski definition) is 5. The van der Waals surface area contributed by atoms with Crippen LogP contribution in [0.15, 0.2) is 42.6 Å². The molecular formula is C19H21N5O. The van der Waals surface area contributed by atoms with E-state index in [4.69, 9.17) is 0 Å². The highest BCUT2D eigenvalue weighted by Gasteiger charge is 2.24. The Kier molecular flexibility index (Phi) is 3.87. The van der Waals surface area contributed by atoms with Gasteiger partial charge in [0.25, 0.3) is 0 Å². The highest BCUT2D eigenvalue weighted by molar-refractivity contribution is 5.43. The van der Waals surface area contributed by atoms with Crippen molar-refractivity contribution >= 4 is 5.95 Å². The van der Waals surface area contributed by atoms with Gasteiger partial charge in [-0.25, -0.2) is 0 Å². The van der Waals surface area contributed by atoms with Crippen molar-refractivity contribution in [3.63, 3.8) is 0 Å². The van der Waals surface area contributed by atoms with Gasteiger partial charge < -0.3 is 10.0 Å². The lowest BCUT2D eigenvalue weighted by molar-refractivity contribution is 0.473. The fourth-order valence-electron chi connectivity index (χ4n) is 3.46. The summed E-state index contributed by atoms with van der Waals surface area (Å²) >= 11 is 0. The van der Waals surface area contributed by atoms with Gasteiger partial charge in [-0.2, -0.15) is 0 Å². The minimum absolute atomic E-state index is 0.0847. The van der Waals surface area contributed by atoms with E-state index in [0.717, 1.165) is 37.0 Å². The Morgan fingerprint density at radius 1 is 1.12 bits per heavy atom. The molecule has 1 aliphatic rings. The third-order valence-corrected chi connectivity index (χ3v) is 4.89. The van der Waals surface area contributed by atoms with Gasteiger partial charge in [0.15, 0.2) is 0 Å². The van der Waals surface area contributed by atoms with Crippen molar-refractivity contribution in [2.45, 2.75) is 25.8 Å². The van der Waals surface area contributed by atoms with Gasteiger partial charge in [-0.3, -0.25) is 9.55 Å². The zero-order valence-electron chi connectivity index (χ0n) is 14.4. The summed E-state index contributed by atoms with van der Waals surface area (Å²) in [5.41, 5.74) is 3.43. The fraction of sp³-hybridized carbons (Fsp3) is 0.316. The molecule has 0 fully saturated rings. The summed E-state index contributed by atoms with van der Waals surface area (Å²) in [4.78, 5) is 6.67. The Morgan fingerprint density at radius 3 is 2.80 bits per heavy atom. The first kappa shape index (κ1) is 15.6. The average Bonchev–Trinajstić information content (AvgIpc) is 3.03. The number of aromatic nitrogens is 4. The smallest absolute Gasteiger partial charge is 0.227 e. The highest BCUT2D eigenvalue weighted by atomic mass is 16.3. The molecule has 0 bridgehead atoms. The van der Waals surface area contributed by atoms with Crippen molar-refractivity contribution in [2.24, 2.45) is 7.05 Å². The predicted octanol–water partition coefficient (Wildman–Crippen LogP) is 2.63. The van der Waals surface area contributed by atoms with E-state index in [-0.39, 0.29) is 5.92 Å². The number of aromatic hydroxyl groups is 1. The molecule has 1 aliphatic heterocycles. The van der Waals surface area contributed by atoms with Crippen molar-refractivity contribution in [1.29, 1.82) is 0 Å². The minimum atomic E-state index is 0.0847. The zero-order valence-corrected chi connectivity index (χ0v) is 14.4. The molecule has 0 amide bonds. The second-order valence-electron chi connectivity index (χ2n) is 6.52. The molecule has 0 aliphatic carbocycles. The monoisotopic (exact) mass is 335 g/mol. The first-order valence-electron chi connectivity index (χ1n) is 8.49. The van der Waals surface area contributed by atoms with Crippen LogP contribution < -0.4 is 4.90 Å². The molecule has 3 heterocycles. The van der Waals surface area contributed by atoms with Crippen LogP contribution in [-0.2, 0) is 20.0 Å². The Hall–Kier alpha value is -2.89. The summed E-state index contributed by atoms with van der Waals surface area (Å²) < 4.78 is 2.06. The largest absolute Gasteiger partial charge is 0.508 e. The van der Waals surface area contributed by atoms with E-state index in [1.807, 2.05) is 37.4 Å². The molecule has 2 aromatic heterocycles. The van der Waals surface area contributed by atoms with Crippen molar-refractivity contribution in [3.05, 3.63) is 65.2 Å². The lowest BCUT2D eigenvalue weighted by atomic mass is 10.00. The number of fused-ring (bicyclic) bond motifs is 1. The lowest BCUT2D eigenvalue weighted by Gasteiger charge is -2.29. The summed E-state index contributed by atoms with van der Waals surface area (Å²) in [5, 5.41) is 18.5. The van der Waals surface area contributed by atoms with E-state index in [1.165, 1.54) is 11.1 Å². The van der Waals surface area contributed by atoms with E-state index in [0.29, 0.717) is 5.75 Å². The normalized spacial score (nSPS) is 15.0. The maximum absolute atomic E-state index is 9.64. The summed E-state index contributed by atoms with van der Waals surface area (Å²) in [6, 6.07) is 11.5. The third kappa shape index (κ3) is 2.84. The zero-order chi connectivity index (χ0) is 17.4. The number of pyridine rings is 1. The Labute approximate surface area is 146 Å². The Bertz CT molecular complexity index is 890. The average molecular weight is 335 g/mol. The van der Waals surface area contributed by atoms with Crippen molar-refractivity contribution < 1.29 is 5.11 Å². The van der Waals surface area contributed by atoms with Crippen molar-refractivity contribution in [3.8, 4) is 5.75 Å². The van der Waals surface area contributed by atoms with Crippen LogP contribution in [0.2, 0.25) is 0 Å². The summed E-state index contributed by atoms with van der Waals surface area (Å²) in [6.45, 7) is 3.74. The van der Waals surface area contributed by atoms with Gasteiger partial charge >= 0.3 is 0 Å². The third-order valence-electron chi connectivity index (χ3n) is 4.89. The van der Waals surface area contributed by atoms with Crippen LogP contribution in [0.3, 0.4) is 0 Å². The number of benzene rings is 1. The quantitative estimate of drug-likeness (QED) is 0.797. The topological polar surface area (TPSA) is 67.1 Å². The van der Waals surface area contributed by atoms with Gasteiger partial charge in [0.2, 0.25) is 5.95 Å². The molecular weight excluding hydrogens is 314 g/mol. The van der Waals surface area contributed by atoms with Gasteiger partial charge in [-0.15, -0.1) is 10.2 Å². The second-order valence-corrected chi connectivity index (χ2v) is 6.52. The molecule has 1 N–H and O–H groups in total. The van der Waals surface area contributed by atoms with Crippen LogP contribution in [-0.4, -0.2) is 31.4 Å². The molecule has 0 radical (unpaired) electrons. The molecule has 128 valence electrons. The van der Waals surface area contributed by atoms with Gasteiger partial charge in [0.05, 0.1) is 11.6 Å². The molecule has 0 saturated heterocycles. The number of rotatable bonds is 3.